The van der Waals surface area contributed by atoms with Gasteiger partial charge < -0.3 is 11.1 Å². The molecule has 1 aromatic heterocycles. The summed E-state index contributed by atoms with van der Waals surface area (Å²) in [5.74, 6) is -0.145. The zero-order valence-electron chi connectivity index (χ0n) is 11.3. The summed E-state index contributed by atoms with van der Waals surface area (Å²) in [7, 11) is 0. The van der Waals surface area contributed by atoms with Gasteiger partial charge in [0.2, 0.25) is 5.91 Å². The highest BCUT2D eigenvalue weighted by atomic mass is 16.1. The van der Waals surface area contributed by atoms with Crippen molar-refractivity contribution in [2.24, 2.45) is 0 Å². The van der Waals surface area contributed by atoms with Gasteiger partial charge in [-0.25, -0.2) is 0 Å². The molecule has 0 bridgehead atoms. The van der Waals surface area contributed by atoms with Crippen LogP contribution in [0.1, 0.15) is 16.8 Å². The largest absolute Gasteiger partial charge is 0.399 e. The summed E-state index contributed by atoms with van der Waals surface area (Å²) in [6.07, 6.45) is 4.99. The molecule has 102 valence electrons. The first-order chi connectivity index (χ1) is 9.63. The van der Waals surface area contributed by atoms with Crippen LogP contribution in [-0.2, 0) is 11.3 Å². The minimum Gasteiger partial charge on any atom is -0.399 e. The van der Waals surface area contributed by atoms with E-state index in [1.807, 2.05) is 43.3 Å². The average molecular weight is 267 g/mol. The maximum atomic E-state index is 11.7. The third kappa shape index (κ3) is 4.24. The van der Waals surface area contributed by atoms with Gasteiger partial charge in [0.1, 0.15) is 0 Å². The summed E-state index contributed by atoms with van der Waals surface area (Å²) in [6.45, 7) is 2.39. The van der Waals surface area contributed by atoms with Gasteiger partial charge in [0.15, 0.2) is 0 Å². The SMILES string of the molecule is Cc1ccc(CNC(=O)/C=C/c2cccc(N)c2)cn1. The quantitative estimate of drug-likeness (QED) is 0.659. The van der Waals surface area contributed by atoms with E-state index in [-0.39, 0.29) is 5.91 Å². The smallest absolute Gasteiger partial charge is 0.244 e. The van der Waals surface area contributed by atoms with E-state index in [9.17, 15) is 4.79 Å². The molecule has 0 saturated carbocycles. The molecule has 3 N–H and O–H groups in total. The number of hydrogen-bond donors (Lipinski definition) is 2. The number of aryl methyl sites for hydroxylation is 1. The fraction of sp³-hybridized carbons (Fsp3) is 0.125. The van der Waals surface area contributed by atoms with Crippen molar-refractivity contribution in [2.75, 3.05) is 5.73 Å². The molecule has 0 unspecified atom stereocenters. The minimum atomic E-state index is -0.145. The van der Waals surface area contributed by atoms with Gasteiger partial charge in [-0.2, -0.15) is 0 Å². The van der Waals surface area contributed by atoms with Crippen LogP contribution < -0.4 is 11.1 Å². The van der Waals surface area contributed by atoms with E-state index in [4.69, 9.17) is 5.73 Å². The molecule has 4 heteroatoms. The van der Waals surface area contributed by atoms with Crippen molar-refractivity contribution in [3.05, 3.63) is 65.5 Å². The van der Waals surface area contributed by atoms with Gasteiger partial charge in [-0.3, -0.25) is 9.78 Å². The number of nitrogens with one attached hydrogen (secondary N) is 1. The number of anilines is 1. The molecule has 0 spiro atoms. The van der Waals surface area contributed by atoms with E-state index in [1.165, 1.54) is 6.08 Å². The van der Waals surface area contributed by atoms with Crippen LogP contribution in [0.3, 0.4) is 0 Å². The van der Waals surface area contributed by atoms with Crippen molar-refractivity contribution in [3.8, 4) is 0 Å². The van der Waals surface area contributed by atoms with Crippen molar-refractivity contribution in [1.82, 2.24) is 10.3 Å². The third-order valence-corrected chi connectivity index (χ3v) is 2.78. The number of hydrogen-bond acceptors (Lipinski definition) is 3. The van der Waals surface area contributed by atoms with Crippen LogP contribution in [0.2, 0.25) is 0 Å². The van der Waals surface area contributed by atoms with Gasteiger partial charge in [0.05, 0.1) is 0 Å². The van der Waals surface area contributed by atoms with Gasteiger partial charge in [0, 0.05) is 30.2 Å². The van der Waals surface area contributed by atoms with Crippen molar-refractivity contribution in [1.29, 1.82) is 0 Å². The highest BCUT2D eigenvalue weighted by molar-refractivity contribution is 5.91. The molecule has 2 rings (SSSR count). The third-order valence-electron chi connectivity index (χ3n) is 2.78. The van der Waals surface area contributed by atoms with E-state index in [0.29, 0.717) is 12.2 Å². The first kappa shape index (κ1) is 13.8. The number of carbonyl (C=O) groups is 1. The second kappa shape index (κ2) is 6.52. The number of nitrogens with zero attached hydrogens (tertiary/aromatic N) is 1. The van der Waals surface area contributed by atoms with Gasteiger partial charge in [-0.15, -0.1) is 0 Å². The average Bonchev–Trinajstić information content (AvgIpc) is 2.45. The van der Waals surface area contributed by atoms with Crippen LogP contribution in [0, 0.1) is 6.92 Å². The number of rotatable bonds is 4. The Kier molecular flexibility index (Phi) is 4.50. The molecule has 0 aliphatic carbocycles. The van der Waals surface area contributed by atoms with E-state index >= 15 is 0 Å². The lowest BCUT2D eigenvalue weighted by molar-refractivity contribution is -0.116. The standard InChI is InChI=1S/C16H17N3O/c1-12-5-6-14(10-18-12)11-19-16(20)8-7-13-3-2-4-15(17)9-13/h2-10H,11,17H2,1H3,(H,19,20)/b8-7+. The molecule has 1 amide bonds. The molecule has 20 heavy (non-hydrogen) atoms. The molecular formula is C16H17N3O. The van der Waals surface area contributed by atoms with Crippen LogP contribution in [0.15, 0.2) is 48.7 Å². The maximum absolute atomic E-state index is 11.7. The predicted molar refractivity (Wildman–Crippen MR) is 80.7 cm³/mol. The minimum absolute atomic E-state index is 0.145. The van der Waals surface area contributed by atoms with Crippen LogP contribution in [-0.4, -0.2) is 10.9 Å². The van der Waals surface area contributed by atoms with Gasteiger partial charge in [0.25, 0.3) is 0 Å². The Morgan fingerprint density at radius 3 is 2.90 bits per heavy atom. The fourth-order valence-electron chi connectivity index (χ4n) is 1.69. The Labute approximate surface area is 118 Å². The second-order valence-corrected chi connectivity index (χ2v) is 4.53. The molecule has 2 aromatic rings. The Hall–Kier alpha value is -2.62. The Balaban J connectivity index is 1.88. The Bertz CT molecular complexity index is 618. The maximum Gasteiger partial charge on any atom is 0.244 e. The molecule has 0 radical (unpaired) electrons. The van der Waals surface area contributed by atoms with Crippen molar-refractivity contribution >= 4 is 17.7 Å². The molecule has 1 heterocycles. The number of pyridine rings is 1. The number of benzene rings is 1. The second-order valence-electron chi connectivity index (χ2n) is 4.53. The molecular weight excluding hydrogens is 250 g/mol. The summed E-state index contributed by atoms with van der Waals surface area (Å²) < 4.78 is 0. The first-order valence-electron chi connectivity index (χ1n) is 6.36. The summed E-state index contributed by atoms with van der Waals surface area (Å²) in [5, 5.41) is 2.81. The van der Waals surface area contributed by atoms with E-state index in [0.717, 1.165) is 16.8 Å². The normalized spacial score (nSPS) is 10.7. The molecule has 0 atom stereocenters. The number of carbonyl (C=O) groups excluding carboxylic acids is 1. The number of amides is 1. The Morgan fingerprint density at radius 2 is 2.20 bits per heavy atom. The van der Waals surface area contributed by atoms with Crippen molar-refractivity contribution < 1.29 is 4.79 Å². The number of aromatic nitrogens is 1. The summed E-state index contributed by atoms with van der Waals surface area (Å²) >= 11 is 0. The van der Waals surface area contributed by atoms with Crippen LogP contribution in [0.4, 0.5) is 5.69 Å². The highest BCUT2D eigenvalue weighted by Crippen LogP contribution is 2.07. The fourth-order valence-corrected chi connectivity index (χ4v) is 1.69. The van der Waals surface area contributed by atoms with Crippen molar-refractivity contribution in [3.63, 3.8) is 0 Å². The monoisotopic (exact) mass is 267 g/mol. The first-order valence-corrected chi connectivity index (χ1v) is 6.36. The lowest BCUT2D eigenvalue weighted by Gasteiger charge is -2.02. The van der Waals surface area contributed by atoms with E-state index < -0.39 is 0 Å². The van der Waals surface area contributed by atoms with E-state index in [1.54, 1.807) is 12.3 Å². The van der Waals surface area contributed by atoms with Crippen molar-refractivity contribution in [2.45, 2.75) is 13.5 Å². The van der Waals surface area contributed by atoms with Crippen LogP contribution >= 0.6 is 0 Å². The molecule has 0 fully saturated rings. The number of nitrogens with two attached hydrogens (primary N) is 1. The van der Waals surface area contributed by atoms with Crippen LogP contribution in [0.5, 0.6) is 0 Å². The lowest BCUT2D eigenvalue weighted by atomic mass is 10.2. The molecule has 4 nitrogen and oxygen atoms in total. The molecule has 0 aliphatic heterocycles. The zero-order chi connectivity index (χ0) is 14.4. The van der Waals surface area contributed by atoms with Gasteiger partial charge in [-0.1, -0.05) is 18.2 Å². The highest BCUT2D eigenvalue weighted by Gasteiger charge is 1.97. The van der Waals surface area contributed by atoms with Crippen LogP contribution in [0.25, 0.3) is 6.08 Å². The predicted octanol–water partition coefficient (Wildman–Crippen LogP) is 2.30. The summed E-state index contributed by atoms with van der Waals surface area (Å²) in [5.41, 5.74) is 9.18. The summed E-state index contributed by atoms with van der Waals surface area (Å²) in [6, 6.07) is 11.2. The van der Waals surface area contributed by atoms with Gasteiger partial charge in [-0.05, 0) is 42.3 Å². The molecule has 0 saturated heterocycles. The number of nitrogen functional groups attached to an aromatic ring is 1. The summed E-state index contributed by atoms with van der Waals surface area (Å²) in [4.78, 5) is 15.9. The lowest BCUT2D eigenvalue weighted by Crippen LogP contribution is -2.20. The van der Waals surface area contributed by atoms with Gasteiger partial charge >= 0.3 is 0 Å². The Morgan fingerprint density at radius 1 is 1.35 bits per heavy atom. The van der Waals surface area contributed by atoms with E-state index in [2.05, 4.69) is 10.3 Å². The topological polar surface area (TPSA) is 68.0 Å². The molecule has 0 aliphatic rings. The zero-order valence-corrected chi connectivity index (χ0v) is 11.3. The molecule has 1 aromatic carbocycles.